The van der Waals surface area contributed by atoms with Gasteiger partial charge in [-0.1, -0.05) is 0 Å². The molecule has 88 valence electrons. The maximum absolute atomic E-state index is 5.53. The van der Waals surface area contributed by atoms with Crippen LogP contribution in [0.25, 0.3) is 0 Å². The molecule has 0 spiro atoms. The molecule has 2 fully saturated rings. The van der Waals surface area contributed by atoms with Gasteiger partial charge < -0.3 is 15.4 Å². The van der Waals surface area contributed by atoms with Gasteiger partial charge in [-0.25, -0.2) is 0 Å². The van der Waals surface area contributed by atoms with Crippen molar-refractivity contribution in [3.8, 4) is 0 Å². The summed E-state index contributed by atoms with van der Waals surface area (Å²) < 4.78 is 5.53. The van der Waals surface area contributed by atoms with Crippen molar-refractivity contribution in [1.82, 2.24) is 10.6 Å². The molecule has 2 aliphatic rings. The van der Waals surface area contributed by atoms with Crippen molar-refractivity contribution >= 4 is 0 Å². The molecule has 0 bridgehead atoms. The van der Waals surface area contributed by atoms with Crippen molar-refractivity contribution < 1.29 is 4.74 Å². The molecule has 1 saturated carbocycles. The highest BCUT2D eigenvalue weighted by molar-refractivity contribution is 4.76. The largest absolute Gasteiger partial charge is 0.378 e. The van der Waals surface area contributed by atoms with E-state index in [9.17, 15) is 0 Å². The average Bonchev–Trinajstić information content (AvgIpc) is 2.96. The van der Waals surface area contributed by atoms with Gasteiger partial charge in [-0.15, -0.1) is 0 Å². The van der Waals surface area contributed by atoms with E-state index in [0.29, 0.717) is 6.10 Å². The Balaban J connectivity index is 1.40. The van der Waals surface area contributed by atoms with Gasteiger partial charge in [-0.05, 0) is 44.6 Å². The molecule has 0 aromatic carbocycles. The molecule has 0 radical (unpaired) electrons. The van der Waals surface area contributed by atoms with Crippen LogP contribution in [0.4, 0.5) is 0 Å². The molecule has 0 aromatic rings. The van der Waals surface area contributed by atoms with E-state index in [1.807, 2.05) is 0 Å². The second-order valence-corrected chi connectivity index (χ2v) is 4.98. The lowest BCUT2D eigenvalue weighted by Gasteiger charge is -2.14. The fourth-order valence-corrected chi connectivity index (χ4v) is 2.14. The van der Waals surface area contributed by atoms with E-state index in [0.717, 1.165) is 38.1 Å². The molecule has 1 saturated heterocycles. The predicted molar refractivity (Wildman–Crippen MR) is 62.0 cm³/mol. The van der Waals surface area contributed by atoms with Crippen LogP contribution < -0.4 is 10.6 Å². The van der Waals surface area contributed by atoms with Crippen LogP contribution in [-0.4, -0.2) is 38.9 Å². The first kappa shape index (κ1) is 11.4. The Hall–Kier alpha value is -0.120. The van der Waals surface area contributed by atoms with Gasteiger partial charge >= 0.3 is 0 Å². The lowest BCUT2D eigenvalue weighted by atomic mass is 10.0. The third-order valence-electron chi connectivity index (χ3n) is 3.55. The zero-order chi connectivity index (χ0) is 10.5. The fourth-order valence-electron chi connectivity index (χ4n) is 2.14. The second kappa shape index (κ2) is 5.83. The average molecular weight is 212 g/mol. The minimum absolute atomic E-state index is 0.455. The molecule has 2 N–H and O–H groups in total. The highest BCUT2D eigenvalue weighted by atomic mass is 16.5. The van der Waals surface area contributed by atoms with E-state index in [4.69, 9.17) is 4.74 Å². The monoisotopic (exact) mass is 212 g/mol. The molecule has 1 heterocycles. The van der Waals surface area contributed by atoms with Gasteiger partial charge in [0.15, 0.2) is 0 Å². The van der Waals surface area contributed by atoms with E-state index < -0.39 is 0 Å². The molecule has 2 unspecified atom stereocenters. The summed E-state index contributed by atoms with van der Waals surface area (Å²) >= 11 is 0. The summed E-state index contributed by atoms with van der Waals surface area (Å²) in [6.07, 6.45) is 4.56. The third-order valence-corrected chi connectivity index (χ3v) is 3.55. The Morgan fingerprint density at radius 3 is 2.40 bits per heavy atom. The number of hydrogen-bond acceptors (Lipinski definition) is 3. The Morgan fingerprint density at radius 2 is 1.80 bits per heavy atom. The van der Waals surface area contributed by atoms with Crippen LogP contribution in [0.15, 0.2) is 0 Å². The van der Waals surface area contributed by atoms with Gasteiger partial charge in [0.25, 0.3) is 0 Å². The van der Waals surface area contributed by atoms with Crippen molar-refractivity contribution in [3.05, 3.63) is 0 Å². The van der Waals surface area contributed by atoms with Crippen LogP contribution in [0, 0.1) is 11.8 Å². The maximum Gasteiger partial charge on any atom is 0.0588 e. The first-order chi connectivity index (χ1) is 7.36. The predicted octanol–water partition coefficient (Wildman–Crippen LogP) is 1.00. The van der Waals surface area contributed by atoms with Crippen LogP contribution in [0.1, 0.15) is 26.2 Å². The van der Waals surface area contributed by atoms with E-state index in [-0.39, 0.29) is 0 Å². The summed E-state index contributed by atoms with van der Waals surface area (Å²) in [4.78, 5) is 0. The highest BCUT2D eigenvalue weighted by Gasteiger charge is 2.23. The topological polar surface area (TPSA) is 33.3 Å². The van der Waals surface area contributed by atoms with Crippen LogP contribution in [0.2, 0.25) is 0 Å². The second-order valence-electron chi connectivity index (χ2n) is 4.98. The molecule has 0 aromatic heterocycles. The van der Waals surface area contributed by atoms with E-state index in [2.05, 4.69) is 17.6 Å². The summed E-state index contributed by atoms with van der Waals surface area (Å²) in [7, 11) is 0. The van der Waals surface area contributed by atoms with E-state index in [1.54, 1.807) is 0 Å². The van der Waals surface area contributed by atoms with Crippen molar-refractivity contribution in [2.75, 3.05) is 32.8 Å². The Bertz CT molecular complexity index is 182. The van der Waals surface area contributed by atoms with Crippen LogP contribution >= 0.6 is 0 Å². The van der Waals surface area contributed by atoms with Gasteiger partial charge in [0.1, 0.15) is 0 Å². The number of rotatable bonds is 7. The summed E-state index contributed by atoms with van der Waals surface area (Å²) in [6.45, 7) is 7.68. The Kier molecular flexibility index (Phi) is 4.42. The lowest BCUT2D eigenvalue weighted by molar-refractivity contribution is 0.105. The Morgan fingerprint density at radius 1 is 1.07 bits per heavy atom. The fraction of sp³-hybridized carbons (Fsp3) is 1.00. The minimum atomic E-state index is 0.455. The molecule has 15 heavy (non-hydrogen) atoms. The van der Waals surface area contributed by atoms with Crippen LogP contribution in [0.5, 0.6) is 0 Å². The molecular formula is C12H24N2O. The number of nitrogens with one attached hydrogen (secondary N) is 2. The quantitative estimate of drug-likeness (QED) is 0.618. The van der Waals surface area contributed by atoms with Crippen molar-refractivity contribution in [1.29, 1.82) is 0 Å². The van der Waals surface area contributed by atoms with E-state index >= 15 is 0 Å². The lowest BCUT2D eigenvalue weighted by Crippen LogP contribution is -2.33. The van der Waals surface area contributed by atoms with Crippen LogP contribution in [-0.2, 0) is 4.74 Å². The first-order valence-electron chi connectivity index (χ1n) is 6.39. The summed E-state index contributed by atoms with van der Waals surface area (Å²) in [5.74, 6) is 1.72. The normalized spacial score (nSPS) is 31.0. The van der Waals surface area contributed by atoms with Crippen molar-refractivity contribution in [3.63, 3.8) is 0 Å². The third kappa shape index (κ3) is 4.09. The molecule has 1 aliphatic heterocycles. The molecule has 2 rings (SSSR count). The number of ether oxygens (including phenoxy) is 1. The van der Waals surface area contributed by atoms with Gasteiger partial charge in [-0.2, -0.15) is 0 Å². The van der Waals surface area contributed by atoms with Crippen molar-refractivity contribution in [2.24, 2.45) is 11.8 Å². The highest BCUT2D eigenvalue weighted by Crippen LogP contribution is 2.27. The molecule has 0 amide bonds. The zero-order valence-electron chi connectivity index (χ0n) is 9.80. The van der Waals surface area contributed by atoms with Gasteiger partial charge in [0.05, 0.1) is 6.10 Å². The summed E-state index contributed by atoms with van der Waals surface area (Å²) in [6, 6.07) is 0. The molecule has 2 atom stereocenters. The zero-order valence-corrected chi connectivity index (χ0v) is 9.80. The Labute approximate surface area is 93.0 Å². The van der Waals surface area contributed by atoms with Gasteiger partial charge in [-0.3, -0.25) is 0 Å². The SMILES string of the molecule is CC1OCCC1CNCCNCC1CC1. The summed E-state index contributed by atoms with van der Waals surface area (Å²) in [5.41, 5.74) is 0. The minimum Gasteiger partial charge on any atom is -0.378 e. The maximum atomic E-state index is 5.53. The number of hydrogen-bond donors (Lipinski definition) is 2. The first-order valence-corrected chi connectivity index (χ1v) is 6.39. The van der Waals surface area contributed by atoms with Gasteiger partial charge in [0.2, 0.25) is 0 Å². The standard InChI is InChI=1S/C12H24N2O/c1-10-12(4-7-15-10)9-14-6-5-13-8-11-2-3-11/h10-14H,2-9H2,1H3. The molecular weight excluding hydrogens is 188 g/mol. The molecule has 3 nitrogen and oxygen atoms in total. The van der Waals surface area contributed by atoms with E-state index in [1.165, 1.54) is 25.8 Å². The molecule has 1 aliphatic carbocycles. The van der Waals surface area contributed by atoms with Crippen molar-refractivity contribution in [2.45, 2.75) is 32.3 Å². The molecule has 3 heteroatoms. The van der Waals surface area contributed by atoms with Crippen LogP contribution in [0.3, 0.4) is 0 Å². The van der Waals surface area contributed by atoms with Gasteiger partial charge in [0, 0.05) is 26.2 Å². The smallest absolute Gasteiger partial charge is 0.0588 e. The summed E-state index contributed by atoms with van der Waals surface area (Å²) in [5, 5.41) is 7.00.